The molecule has 2 aromatic rings. The summed E-state index contributed by atoms with van der Waals surface area (Å²) >= 11 is 1.80. The molecule has 0 spiro atoms. The van der Waals surface area contributed by atoms with Gasteiger partial charge in [0.2, 0.25) is 5.89 Å². The van der Waals surface area contributed by atoms with Crippen LogP contribution in [0.5, 0.6) is 0 Å². The van der Waals surface area contributed by atoms with Crippen LogP contribution in [0.15, 0.2) is 34.9 Å². The zero-order chi connectivity index (χ0) is 12.8. The standard InChI is InChI=1S/C14H18N2OS/c1-11(2)8-13-15-14(17-16-13)10-18-9-12-6-4-3-5-7-12/h3-7,11H,8-10H2,1-2H3. The SMILES string of the molecule is CC(C)Cc1noc(CSCc2ccccc2)n1. The Bertz CT molecular complexity index is 468. The first-order valence-electron chi connectivity index (χ1n) is 6.17. The summed E-state index contributed by atoms with van der Waals surface area (Å²) in [6.07, 6.45) is 0.882. The van der Waals surface area contributed by atoms with Gasteiger partial charge in [0.05, 0.1) is 5.75 Å². The van der Waals surface area contributed by atoms with E-state index < -0.39 is 0 Å². The van der Waals surface area contributed by atoms with Crippen molar-refractivity contribution in [2.75, 3.05) is 0 Å². The van der Waals surface area contributed by atoms with Gasteiger partial charge in [0, 0.05) is 12.2 Å². The lowest BCUT2D eigenvalue weighted by atomic mass is 10.1. The second kappa shape index (κ2) is 6.59. The lowest BCUT2D eigenvalue weighted by Gasteiger charge is -1.98. The Morgan fingerprint density at radius 2 is 1.94 bits per heavy atom. The lowest BCUT2D eigenvalue weighted by molar-refractivity contribution is 0.382. The summed E-state index contributed by atoms with van der Waals surface area (Å²) in [5.74, 6) is 3.86. The molecule has 2 rings (SSSR count). The summed E-state index contributed by atoms with van der Waals surface area (Å²) in [5.41, 5.74) is 1.32. The Balaban J connectivity index is 1.78. The lowest BCUT2D eigenvalue weighted by Crippen LogP contribution is -1.96. The van der Waals surface area contributed by atoms with Crippen molar-refractivity contribution >= 4 is 11.8 Å². The number of benzene rings is 1. The van der Waals surface area contributed by atoms with Gasteiger partial charge in [-0.2, -0.15) is 4.98 Å². The molecule has 0 N–H and O–H groups in total. The highest BCUT2D eigenvalue weighted by molar-refractivity contribution is 7.97. The average molecular weight is 262 g/mol. The molecule has 0 aliphatic heterocycles. The van der Waals surface area contributed by atoms with Crippen molar-refractivity contribution in [3.8, 4) is 0 Å². The zero-order valence-electron chi connectivity index (χ0n) is 10.8. The van der Waals surface area contributed by atoms with Gasteiger partial charge in [-0.3, -0.25) is 0 Å². The van der Waals surface area contributed by atoms with Crippen molar-refractivity contribution in [2.45, 2.75) is 31.8 Å². The molecule has 0 saturated heterocycles. The van der Waals surface area contributed by atoms with Crippen LogP contribution in [0.1, 0.15) is 31.1 Å². The fourth-order valence-electron chi connectivity index (χ4n) is 1.63. The molecule has 0 aliphatic rings. The van der Waals surface area contributed by atoms with E-state index in [9.17, 15) is 0 Å². The smallest absolute Gasteiger partial charge is 0.236 e. The number of hydrogen-bond acceptors (Lipinski definition) is 4. The van der Waals surface area contributed by atoms with E-state index in [0.29, 0.717) is 5.92 Å². The molecule has 0 aliphatic carbocycles. The molecule has 0 radical (unpaired) electrons. The van der Waals surface area contributed by atoms with Crippen LogP contribution in [-0.4, -0.2) is 10.1 Å². The van der Waals surface area contributed by atoms with Crippen LogP contribution in [-0.2, 0) is 17.9 Å². The number of nitrogens with zero attached hydrogens (tertiary/aromatic N) is 2. The fraction of sp³-hybridized carbons (Fsp3) is 0.429. The first kappa shape index (κ1) is 13.1. The van der Waals surface area contributed by atoms with Crippen molar-refractivity contribution in [3.63, 3.8) is 0 Å². The Labute approximate surface area is 112 Å². The fourth-order valence-corrected chi connectivity index (χ4v) is 2.45. The van der Waals surface area contributed by atoms with Gasteiger partial charge in [-0.15, -0.1) is 11.8 Å². The second-order valence-corrected chi connectivity index (χ2v) is 5.67. The molecule has 3 nitrogen and oxygen atoms in total. The maximum atomic E-state index is 5.22. The predicted octanol–water partition coefficient (Wildman–Crippen LogP) is 3.70. The summed E-state index contributed by atoms with van der Waals surface area (Å²) in [6.45, 7) is 4.31. The molecule has 4 heteroatoms. The van der Waals surface area contributed by atoms with Crippen LogP contribution in [0.3, 0.4) is 0 Å². The Kier molecular flexibility index (Phi) is 4.81. The van der Waals surface area contributed by atoms with Gasteiger partial charge in [0.1, 0.15) is 0 Å². The van der Waals surface area contributed by atoms with Crippen molar-refractivity contribution in [1.29, 1.82) is 0 Å². The first-order chi connectivity index (χ1) is 8.74. The molecule has 0 fully saturated rings. The van der Waals surface area contributed by atoms with Crippen molar-refractivity contribution in [1.82, 2.24) is 10.1 Å². The zero-order valence-corrected chi connectivity index (χ0v) is 11.6. The summed E-state index contributed by atoms with van der Waals surface area (Å²) < 4.78 is 5.22. The molecule has 0 unspecified atom stereocenters. The summed E-state index contributed by atoms with van der Waals surface area (Å²) in [7, 11) is 0. The Morgan fingerprint density at radius 3 is 2.67 bits per heavy atom. The largest absolute Gasteiger partial charge is 0.338 e. The van der Waals surface area contributed by atoms with Crippen LogP contribution in [0.2, 0.25) is 0 Å². The molecular formula is C14H18N2OS. The molecule has 0 atom stereocenters. The van der Waals surface area contributed by atoms with E-state index in [0.717, 1.165) is 29.6 Å². The maximum Gasteiger partial charge on any atom is 0.236 e. The third-order valence-corrected chi connectivity index (χ3v) is 3.43. The summed E-state index contributed by atoms with van der Waals surface area (Å²) in [5, 5.41) is 3.98. The third-order valence-electron chi connectivity index (χ3n) is 2.44. The molecule has 1 aromatic carbocycles. The van der Waals surface area contributed by atoms with Gasteiger partial charge >= 0.3 is 0 Å². The average Bonchev–Trinajstić information content (AvgIpc) is 2.77. The number of hydrogen-bond donors (Lipinski definition) is 0. The van der Waals surface area contributed by atoms with E-state index in [-0.39, 0.29) is 0 Å². The molecule has 96 valence electrons. The highest BCUT2D eigenvalue weighted by Crippen LogP contribution is 2.17. The molecule has 0 bridgehead atoms. The van der Waals surface area contributed by atoms with Gasteiger partial charge in [0.25, 0.3) is 0 Å². The van der Waals surface area contributed by atoms with E-state index in [1.54, 1.807) is 11.8 Å². The topological polar surface area (TPSA) is 38.9 Å². The van der Waals surface area contributed by atoms with Gasteiger partial charge in [-0.25, -0.2) is 0 Å². The Morgan fingerprint density at radius 1 is 1.17 bits per heavy atom. The van der Waals surface area contributed by atoms with E-state index in [4.69, 9.17) is 4.52 Å². The van der Waals surface area contributed by atoms with Crippen LogP contribution in [0.4, 0.5) is 0 Å². The third kappa shape index (κ3) is 4.18. The quantitative estimate of drug-likeness (QED) is 0.795. The summed E-state index contributed by atoms with van der Waals surface area (Å²) in [4.78, 5) is 4.38. The van der Waals surface area contributed by atoms with Crippen LogP contribution >= 0.6 is 11.8 Å². The van der Waals surface area contributed by atoms with E-state index >= 15 is 0 Å². The molecule has 18 heavy (non-hydrogen) atoms. The number of rotatable bonds is 6. The van der Waals surface area contributed by atoms with Crippen LogP contribution in [0.25, 0.3) is 0 Å². The molecule has 1 aromatic heterocycles. The molecule has 1 heterocycles. The summed E-state index contributed by atoms with van der Waals surface area (Å²) in [6, 6.07) is 10.4. The van der Waals surface area contributed by atoms with Crippen molar-refractivity contribution in [3.05, 3.63) is 47.6 Å². The van der Waals surface area contributed by atoms with Gasteiger partial charge < -0.3 is 4.52 Å². The molecule has 0 saturated carbocycles. The minimum absolute atomic E-state index is 0.562. The minimum atomic E-state index is 0.562. The predicted molar refractivity (Wildman–Crippen MR) is 74.3 cm³/mol. The maximum absolute atomic E-state index is 5.22. The minimum Gasteiger partial charge on any atom is -0.338 e. The second-order valence-electron chi connectivity index (χ2n) is 4.68. The monoisotopic (exact) mass is 262 g/mol. The van der Waals surface area contributed by atoms with E-state index in [2.05, 4.69) is 48.3 Å². The molecular weight excluding hydrogens is 244 g/mol. The highest BCUT2D eigenvalue weighted by atomic mass is 32.2. The van der Waals surface area contributed by atoms with Gasteiger partial charge in [-0.05, 0) is 11.5 Å². The molecule has 0 amide bonds. The van der Waals surface area contributed by atoms with E-state index in [1.807, 2.05) is 6.07 Å². The highest BCUT2D eigenvalue weighted by Gasteiger charge is 2.07. The normalized spacial score (nSPS) is 11.1. The Hall–Kier alpha value is -1.29. The van der Waals surface area contributed by atoms with Gasteiger partial charge in [-0.1, -0.05) is 49.3 Å². The van der Waals surface area contributed by atoms with Gasteiger partial charge in [0.15, 0.2) is 5.82 Å². The first-order valence-corrected chi connectivity index (χ1v) is 7.32. The van der Waals surface area contributed by atoms with Crippen LogP contribution in [0, 0.1) is 5.92 Å². The van der Waals surface area contributed by atoms with Crippen LogP contribution < -0.4 is 0 Å². The van der Waals surface area contributed by atoms with Crippen molar-refractivity contribution < 1.29 is 4.52 Å². The van der Waals surface area contributed by atoms with E-state index in [1.165, 1.54) is 5.56 Å². The van der Waals surface area contributed by atoms with Crippen molar-refractivity contribution in [2.24, 2.45) is 5.92 Å². The number of aromatic nitrogens is 2. The number of thioether (sulfide) groups is 1.